The lowest BCUT2D eigenvalue weighted by Gasteiger charge is -2.10. The number of amides is 1. The lowest BCUT2D eigenvalue weighted by molar-refractivity contribution is 0.0948. The van der Waals surface area contributed by atoms with Crippen LogP contribution in [0.4, 0.5) is 0 Å². The number of rotatable bonds is 3. The van der Waals surface area contributed by atoms with Gasteiger partial charge in [0.05, 0.1) is 0 Å². The maximum Gasteiger partial charge on any atom is 0.251 e. The summed E-state index contributed by atoms with van der Waals surface area (Å²) >= 11 is 0. The molecule has 0 saturated carbocycles. The van der Waals surface area contributed by atoms with Gasteiger partial charge in [0.2, 0.25) is 0 Å². The number of nitrogens with one attached hydrogen (secondary N) is 2. The molecule has 1 fully saturated rings. The van der Waals surface area contributed by atoms with E-state index in [9.17, 15) is 4.79 Å². The van der Waals surface area contributed by atoms with Crippen LogP contribution in [0.25, 0.3) is 10.8 Å². The third kappa shape index (κ3) is 3.30. The Kier molecular flexibility index (Phi) is 4.99. The first kappa shape index (κ1) is 14.8. The monoisotopic (exact) mass is 290 g/mol. The lowest BCUT2D eigenvalue weighted by Crippen LogP contribution is -2.30. The van der Waals surface area contributed by atoms with Crippen molar-refractivity contribution in [2.45, 2.75) is 6.42 Å². The van der Waals surface area contributed by atoms with E-state index >= 15 is 0 Å². The topological polar surface area (TPSA) is 41.1 Å². The van der Waals surface area contributed by atoms with Crippen molar-refractivity contribution < 1.29 is 4.79 Å². The molecule has 0 aromatic heterocycles. The second-order valence-corrected chi connectivity index (χ2v) is 5.13. The van der Waals surface area contributed by atoms with Crippen molar-refractivity contribution in [1.82, 2.24) is 10.6 Å². The Hall–Kier alpha value is -1.58. The Morgan fingerprint density at radius 2 is 2.00 bits per heavy atom. The van der Waals surface area contributed by atoms with Gasteiger partial charge in [-0.1, -0.05) is 30.3 Å². The summed E-state index contributed by atoms with van der Waals surface area (Å²) in [5.74, 6) is 0.599. The molecular weight excluding hydrogens is 272 g/mol. The number of carbonyl (C=O) groups excluding carboxylic acids is 1. The summed E-state index contributed by atoms with van der Waals surface area (Å²) in [7, 11) is 0. The van der Waals surface area contributed by atoms with Crippen LogP contribution in [-0.4, -0.2) is 25.5 Å². The van der Waals surface area contributed by atoms with Gasteiger partial charge in [-0.25, -0.2) is 0 Å². The van der Waals surface area contributed by atoms with Crippen molar-refractivity contribution in [3.05, 3.63) is 48.0 Å². The van der Waals surface area contributed by atoms with Crippen molar-refractivity contribution in [3.8, 4) is 0 Å². The number of fused-ring (bicyclic) bond motifs is 1. The van der Waals surface area contributed by atoms with Gasteiger partial charge in [0.25, 0.3) is 5.91 Å². The van der Waals surface area contributed by atoms with Crippen molar-refractivity contribution in [2.24, 2.45) is 5.92 Å². The molecule has 3 rings (SSSR count). The van der Waals surface area contributed by atoms with E-state index in [0.717, 1.165) is 37.0 Å². The molecule has 4 heteroatoms. The molecular formula is C16H19ClN2O. The van der Waals surface area contributed by atoms with E-state index < -0.39 is 0 Å². The first-order chi connectivity index (χ1) is 9.33. The van der Waals surface area contributed by atoms with Gasteiger partial charge in [-0.3, -0.25) is 4.79 Å². The average Bonchev–Trinajstić information content (AvgIpc) is 2.97. The highest BCUT2D eigenvalue weighted by Gasteiger charge is 2.15. The predicted octanol–water partition coefficient (Wildman–Crippen LogP) is 2.60. The smallest absolute Gasteiger partial charge is 0.251 e. The highest BCUT2D eigenvalue weighted by Crippen LogP contribution is 2.15. The van der Waals surface area contributed by atoms with Gasteiger partial charge in [-0.15, -0.1) is 12.4 Å². The van der Waals surface area contributed by atoms with Crippen LogP contribution < -0.4 is 10.6 Å². The summed E-state index contributed by atoms with van der Waals surface area (Å²) < 4.78 is 0. The van der Waals surface area contributed by atoms with Gasteiger partial charge in [-0.05, 0) is 48.3 Å². The van der Waals surface area contributed by atoms with Crippen LogP contribution in [-0.2, 0) is 0 Å². The molecule has 0 aliphatic carbocycles. The molecule has 20 heavy (non-hydrogen) atoms. The van der Waals surface area contributed by atoms with Crippen LogP contribution >= 0.6 is 12.4 Å². The molecule has 1 aliphatic rings. The second-order valence-electron chi connectivity index (χ2n) is 5.13. The molecule has 3 nitrogen and oxygen atoms in total. The largest absolute Gasteiger partial charge is 0.352 e. The number of halogens is 1. The predicted molar refractivity (Wildman–Crippen MR) is 84.5 cm³/mol. The zero-order valence-corrected chi connectivity index (χ0v) is 12.1. The van der Waals surface area contributed by atoms with E-state index in [4.69, 9.17) is 0 Å². The van der Waals surface area contributed by atoms with Crippen LogP contribution in [0.5, 0.6) is 0 Å². The molecule has 1 unspecified atom stereocenters. The fourth-order valence-corrected chi connectivity index (χ4v) is 2.56. The zero-order valence-electron chi connectivity index (χ0n) is 11.3. The molecule has 1 amide bonds. The van der Waals surface area contributed by atoms with Gasteiger partial charge in [0.1, 0.15) is 0 Å². The molecule has 1 aliphatic heterocycles. The van der Waals surface area contributed by atoms with Crippen LogP contribution in [0.15, 0.2) is 42.5 Å². The van der Waals surface area contributed by atoms with E-state index in [-0.39, 0.29) is 18.3 Å². The zero-order chi connectivity index (χ0) is 13.1. The minimum Gasteiger partial charge on any atom is -0.352 e. The molecule has 1 heterocycles. The normalized spacial score (nSPS) is 17.7. The van der Waals surface area contributed by atoms with E-state index in [1.165, 1.54) is 5.39 Å². The van der Waals surface area contributed by atoms with Crippen LogP contribution in [0, 0.1) is 5.92 Å². The molecule has 1 atom stereocenters. The molecule has 0 spiro atoms. The number of hydrogen-bond donors (Lipinski definition) is 2. The summed E-state index contributed by atoms with van der Waals surface area (Å²) in [5.41, 5.74) is 0.740. The SMILES string of the molecule is Cl.O=C(NCC1CCNC1)c1ccc2ccccc2c1. The quantitative estimate of drug-likeness (QED) is 0.912. The molecule has 1 saturated heterocycles. The van der Waals surface area contributed by atoms with Crippen molar-refractivity contribution in [2.75, 3.05) is 19.6 Å². The fraction of sp³-hybridized carbons (Fsp3) is 0.312. The molecule has 2 aromatic carbocycles. The van der Waals surface area contributed by atoms with Gasteiger partial charge in [0.15, 0.2) is 0 Å². The minimum absolute atomic E-state index is 0. The molecule has 106 valence electrons. The number of benzene rings is 2. The Morgan fingerprint density at radius 3 is 2.75 bits per heavy atom. The third-order valence-electron chi connectivity index (χ3n) is 3.73. The molecule has 0 radical (unpaired) electrons. The van der Waals surface area contributed by atoms with E-state index in [1.807, 2.05) is 36.4 Å². The molecule has 0 bridgehead atoms. The third-order valence-corrected chi connectivity index (χ3v) is 3.73. The van der Waals surface area contributed by atoms with Crippen molar-refractivity contribution in [1.29, 1.82) is 0 Å². The summed E-state index contributed by atoms with van der Waals surface area (Å²) in [5, 5.41) is 8.61. The Labute approximate surface area is 125 Å². The highest BCUT2D eigenvalue weighted by molar-refractivity contribution is 5.98. The van der Waals surface area contributed by atoms with Crippen LogP contribution in [0.2, 0.25) is 0 Å². The first-order valence-electron chi connectivity index (χ1n) is 6.80. The maximum absolute atomic E-state index is 12.1. The highest BCUT2D eigenvalue weighted by atomic mass is 35.5. The second kappa shape index (κ2) is 6.73. The van der Waals surface area contributed by atoms with Crippen LogP contribution in [0.1, 0.15) is 16.8 Å². The lowest BCUT2D eigenvalue weighted by atomic mass is 10.1. The summed E-state index contributed by atoms with van der Waals surface area (Å²) in [4.78, 5) is 12.1. The van der Waals surface area contributed by atoms with E-state index in [0.29, 0.717) is 5.92 Å². The van der Waals surface area contributed by atoms with Gasteiger partial charge in [0, 0.05) is 12.1 Å². The van der Waals surface area contributed by atoms with Gasteiger partial charge >= 0.3 is 0 Å². The van der Waals surface area contributed by atoms with Crippen molar-refractivity contribution in [3.63, 3.8) is 0 Å². The van der Waals surface area contributed by atoms with Crippen LogP contribution in [0.3, 0.4) is 0 Å². The van der Waals surface area contributed by atoms with Gasteiger partial charge in [-0.2, -0.15) is 0 Å². The molecule has 2 aromatic rings. The fourth-order valence-electron chi connectivity index (χ4n) is 2.56. The van der Waals surface area contributed by atoms with Gasteiger partial charge < -0.3 is 10.6 Å². The molecule has 2 N–H and O–H groups in total. The summed E-state index contributed by atoms with van der Waals surface area (Å²) in [6.45, 7) is 2.84. The average molecular weight is 291 g/mol. The van der Waals surface area contributed by atoms with E-state index in [1.54, 1.807) is 0 Å². The Morgan fingerprint density at radius 1 is 1.20 bits per heavy atom. The first-order valence-corrected chi connectivity index (χ1v) is 6.80. The summed E-state index contributed by atoms with van der Waals surface area (Å²) in [6, 6.07) is 13.9. The number of carbonyl (C=O) groups is 1. The van der Waals surface area contributed by atoms with E-state index in [2.05, 4.69) is 16.7 Å². The Bertz CT molecular complexity index is 594. The minimum atomic E-state index is 0. The Balaban J connectivity index is 0.00000147. The summed E-state index contributed by atoms with van der Waals surface area (Å²) in [6.07, 6.45) is 1.15. The standard InChI is InChI=1S/C16H18N2O.ClH/c19-16(18-11-12-7-8-17-10-12)15-6-5-13-3-1-2-4-14(13)9-15;/h1-6,9,12,17H,7-8,10-11H2,(H,18,19);1H. The number of hydrogen-bond acceptors (Lipinski definition) is 2. The maximum atomic E-state index is 12.1. The van der Waals surface area contributed by atoms with Crippen molar-refractivity contribution >= 4 is 29.1 Å².